The summed E-state index contributed by atoms with van der Waals surface area (Å²) in [6, 6.07) is 10.2. The molecule has 0 unspecified atom stereocenters. The van der Waals surface area contributed by atoms with Gasteiger partial charge in [0.25, 0.3) is 0 Å². The van der Waals surface area contributed by atoms with Crippen LogP contribution in [-0.4, -0.2) is 24.4 Å². The lowest BCUT2D eigenvalue weighted by atomic mass is 9.70. The molecule has 3 aliphatic heterocycles. The number of amides is 2. The van der Waals surface area contributed by atoms with Gasteiger partial charge in [0.2, 0.25) is 11.8 Å². The van der Waals surface area contributed by atoms with E-state index in [9.17, 15) is 9.59 Å². The Morgan fingerprint density at radius 2 is 2.04 bits per heavy atom. The Labute approximate surface area is 179 Å². The predicted octanol–water partition coefficient (Wildman–Crippen LogP) is 3.12. The second-order valence-electron chi connectivity index (χ2n) is 7.43. The largest absolute Gasteiger partial charge is 0.356 e. The van der Waals surface area contributed by atoms with Crippen LogP contribution in [0.3, 0.4) is 0 Å². The number of nitrogens with one attached hydrogen (secondary N) is 3. The van der Waals surface area contributed by atoms with Gasteiger partial charge in [0.15, 0.2) is 0 Å². The lowest BCUT2D eigenvalue weighted by molar-refractivity contribution is -0.127. The van der Waals surface area contributed by atoms with E-state index in [1.54, 1.807) is 12.1 Å². The number of benzene rings is 2. The van der Waals surface area contributed by atoms with Crippen LogP contribution in [0, 0.1) is 15.3 Å². The van der Waals surface area contributed by atoms with E-state index in [0.29, 0.717) is 18.7 Å². The molecule has 2 aromatic rings. The van der Waals surface area contributed by atoms with Crippen molar-refractivity contribution < 1.29 is 14.0 Å². The molecule has 5 nitrogen and oxygen atoms in total. The summed E-state index contributed by atoms with van der Waals surface area (Å²) in [5.41, 5.74) is 0.494. The SMILES string of the molecule is O=C1NCC[C@@H]2N[C@@]3(C(=O)Nc4cc(I)ccc43)[C@@H](c3cccc(Cl)c3F)[C@H]12. The number of carbonyl (C=O) groups is 2. The highest BCUT2D eigenvalue weighted by Crippen LogP contribution is 2.55. The van der Waals surface area contributed by atoms with Crippen LogP contribution in [0.25, 0.3) is 0 Å². The second kappa shape index (κ2) is 6.40. The molecule has 1 spiro atoms. The summed E-state index contributed by atoms with van der Waals surface area (Å²) in [6.45, 7) is 0.523. The third-order valence-electron chi connectivity index (χ3n) is 6.06. The fourth-order valence-electron chi connectivity index (χ4n) is 4.97. The first kappa shape index (κ1) is 18.3. The molecule has 0 radical (unpaired) electrons. The van der Waals surface area contributed by atoms with Crippen molar-refractivity contribution in [1.29, 1.82) is 0 Å². The molecule has 0 saturated carbocycles. The fraction of sp³-hybridized carbons (Fsp3) is 0.300. The van der Waals surface area contributed by atoms with Crippen molar-refractivity contribution in [3.8, 4) is 0 Å². The van der Waals surface area contributed by atoms with Crippen molar-refractivity contribution in [2.75, 3.05) is 11.9 Å². The average Bonchev–Trinajstić information content (AvgIpc) is 3.14. The maximum absolute atomic E-state index is 15.1. The van der Waals surface area contributed by atoms with Gasteiger partial charge in [0.05, 0.1) is 10.9 Å². The van der Waals surface area contributed by atoms with Gasteiger partial charge >= 0.3 is 0 Å². The Morgan fingerprint density at radius 3 is 2.86 bits per heavy atom. The van der Waals surface area contributed by atoms with Gasteiger partial charge in [-0.3, -0.25) is 14.9 Å². The average molecular weight is 512 g/mol. The highest BCUT2D eigenvalue weighted by atomic mass is 127. The molecular formula is C20H16ClFIN3O2. The standard InChI is InChI=1S/C20H16ClFIN3O2/c21-12-3-1-2-10(17(12)22)16-15-13(6-7-24-18(15)27)26-20(16)11-5-4-9(23)8-14(11)25-19(20)28/h1-5,8,13,15-16,26H,6-7H2,(H,24,27)(H,25,28)/t13-,15+,16-,20+/m0/s1. The van der Waals surface area contributed by atoms with E-state index in [2.05, 4.69) is 38.5 Å². The summed E-state index contributed by atoms with van der Waals surface area (Å²) < 4.78 is 16.1. The predicted molar refractivity (Wildman–Crippen MR) is 112 cm³/mol. The lowest BCUT2D eigenvalue weighted by Gasteiger charge is -2.32. The molecule has 144 valence electrons. The Balaban J connectivity index is 1.78. The zero-order valence-electron chi connectivity index (χ0n) is 14.6. The number of hydrogen-bond donors (Lipinski definition) is 3. The first-order valence-electron chi connectivity index (χ1n) is 9.04. The minimum atomic E-state index is -1.22. The van der Waals surface area contributed by atoms with E-state index in [0.717, 1.165) is 9.13 Å². The van der Waals surface area contributed by atoms with Crippen molar-refractivity contribution in [1.82, 2.24) is 10.6 Å². The number of anilines is 1. The molecule has 0 bridgehead atoms. The van der Waals surface area contributed by atoms with Crippen LogP contribution in [0.5, 0.6) is 0 Å². The number of rotatable bonds is 1. The van der Waals surface area contributed by atoms with Crippen LogP contribution < -0.4 is 16.0 Å². The monoisotopic (exact) mass is 511 g/mol. The molecular weight excluding hydrogens is 496 g/mol. The summed E-state index contributed by atoms with van der Waals surface area (Å²) in [4.78, 5) is 26.2. The Morgan fingerprint density at radius 1 is 1.21 bits per heavy atom. The molecule has 4 atom stereocenters. The topological polar surface area (TPSA) is 70.2 Å². The van der Waals surface area contributed by atoms with Crippen molar-refractivity contribution >= 4 is 51.7 Å². The van der Waals surface area contributed by atoms with Gasteiger partial charge in [-0.2, -0.15) is 0 Å². The van der Waals surface area contributed by atoms with Gasteiger partial charge in [-0.25, -0.2) is 4.39 Å². The van der Waals surface area contributed by atoms with Crippen LogP contribution in [-0.2, 0) is 15.1 Å². The summed E-state index contributed by atoms with van der Waals surface area (Å²) in [5, 5.41) is 9.22. The summed E-state index contributed by atoms with van der Waals surface area (Å²) in [6.07, 6.45) is 0.670. The van der Waals surface area contributed by atoms with E-state index in [-0.39, 0.29) is 28.4 Å². The third kappa shape index (κ3) is 2.39. The fourth-order valence-corrected chi connectivity index (χ4v) is 5.65. The van der Waals surface area contributed by atoms with Crippen LogP contribution in [0.15, 0.2) is 36.4 Å². The van der Waals surface area contributed by atoms with Gasteiger partial charge < -0.3 is 10.6 Å². The molecule has 2 fully saturated rings. The van der Waals surface area contributed by atoms with Crippen LogP contribution in [0.2, 0.25) is 5.02 Å². The quantitative estimate of drug-likeness (QED) is 0.516. The number of halogens is 3. The summed E-state index contributed by atoms with van der Waals surface area (Å²) in [7, 11) is 0. The van der Waals surface area contributed by atoms with Crippen molar-refractivity contribution in [2.45, 2.75) is 23.9 Å². The molecule has 8 heteroatoms. The van der Waals surface area contributed by atoms with Gasteiger partial charge in [0, 0.05) is 33.3 Å². The Kier molecular flexibility index (Phi) is 4.19. The molecule has 2 aromatic carbocycles. The molecule has 3 N–H and O–H groups in total. The zero-order chi connectivity index (χ0) is 19.6. The normalized spacial score (nSPS) is 30.8. The Bertz CT molecular complexity index is 1030. The van der Waals surface area contributed by atoms with Gasteiger partial charge in [0.1, 0.15) is 11.4 Å². The molecule has 5 rings (SSSR count). The maximum Gasteiger partial charge on any atom is 0.250 e. The second-order valence-corrected chi connectivity index (χ2v) is 9.08. The number of hydrogen-bond acceptors (Lipinski definition) is 3. The van der Waals surface area contributed by atoms with Crippen LogP contribution in [0.1, 0.15) is 23.5 Å². The van der Waals surface area contributed by atoms with Crippen molar-refractivity contribution in [2.24, 2.45) is 5.92 Å². The molecule has 0 aliphatic carbocycles. The minimum Gasteiger partial charge on any atom is -0.356 e. The lowest BCUT2D eigenvalue weighted by Crippen LogP contribution is -2.49. The van der Waals surface area contributed by atoms with Crippen LogP contribution >= 0.6 is 34.2 Å². The molecule has 3 aliphatic rings. The minimum absolute atomic E-state index is 0.0199. The number of carbonyl (C=O) groups excluding carboxylic acids is 2. The maximum atomic E-state index is 15.1. The van der Waals surface area contributed by atoms with E-state index in [1.165, 1.54) is 6.07 Å². The van der Waals surface area contributed by atoms with E-state index >= 15 is 4.39 Å². The van der Waals surface area contributed by atoms with E-state index < -0.39 is 23.2 Å². The third-order valence-corrected chi connectivity index (χ3v) is 7.02. The molecule has 0 aromatic heterocycles. The molecule has 3 heterocycles. The first-order valence-corrected chi connectivity index (χ1v) is 10.5. The van der Waals surface area contributed by atoms with Crippen molar-refractivity contribution in [3.05, 3.63) is 61.9 Å². The van der Waals surface area contributed by atoms with Crippen LogP contribution in [0.4, 0.5) is 10.1 Å². The van der Waals surface area contributed by atoms with E-state index in [1.807, 2.05) is 18.2 Å². The number of piperidine rings is 1. The zero-order valence-corrected chi connectivity index (χ0v) is 17.5. The summed E-state index contributed by atoms with van der Waals surface area (Å²) in [5.74, 6) is -2.30. The van der Waals surface area contributed by atoms with Gasteiger partial charge in [-0.05, 0) is 52.8 Å². The van der Waals surface area contributed by atoms with Crippen molar-refractivity contribution in [3.63, 3.8) is 0 Å². The number of fused-ring (bicyclic) bond motifs is 3. The summed E-state index contributed by atoms with van der Waals surface area (Å²) >= 11 is 8.24. The molecule has 28 heavy (non-hydrogen) atoms. The van der Waals surface area contributed by atoms with E-state index in [4.69, 9.17) is 11.6 Å². The molecule has 2 amide bonds. The highest BCUT2D eigenvalue weighted by Gasteiger charge is 2.64. The first-order chi connectivity index (χ1) is 13.4. The van der Waals surface area contributed by atoms with Gasteiger partial charge in [-0.1, -0.05) is 29.8 Å². The highest BCUT2D eigenvalue weighted by molar-refractivity contribution is 14.1. The Hall–Kier alpha value is -1.71. The molecule has 2 saturated heterocycles. The van der Waals surface area contributed by atoms with Gasteiger partial charge in [-0.15, -0.1) is 0 Å². The smallest absolute Gasteiger partial charge is 0.250 e.